The smallest absolute Gasteiger partial charge is 0.251 e. The Hall–Kier alpha value is -2.59. The Kier molecular flexibility index (Phi) is 4.51. The van der Waals surface area contributed by atoms with Crippen LogP contribution in [0, 0.1) is 11.8 Å². The second-order valence-electron chi connectivity index (χ2n) is 6.48. The predicted molar refractivity (Wildman–Crippen MR) is 104 cm³/mol. The second-order valence-corrected chi connectivity index (χ2v) is 6.88. The third-order valence-electron chi connectivity index (χ3n) is 4.97. The number of carbonyl (C=O) groups is 1. The highest BCUT2D eigenvalue weighted by molar-refractivity contribution is 6.32. The maximum absolute atomic E-state index is 13.0. The zero-order valence-corrected chi connectivity index (χ0v) is 15.2. The van der Waals surface area contributed by atoms with Gasteiger partial charge in [-0.15, -0.1) is 0 Å². The second kappa shape index (κ2) is 6.96. The van der Waals surface area contributed by atoms with Crippen molar-refractivity contribution in [2.24, 2.45) is 16.9 Å². The van der Waals surface area contributed by atoms with E-state index in [-0.39, 0.29) is 17.7 Å². The molecule has 0 saturated carbocycles. The molecule has 0 spiro atoms. The lowest BCUT2D eigenvalue weighted by molar-refractivity contribution is -0.123. The van der Waals surface area contributed by atoms with E-state index in [4.69, 9.17) is 21.4 Å². The highest BCUT2D eigenvalue weighted by Crippen LogP contribution is 2.37. The van der Waals surface area contributed by atoms with E-state index in [1.54, 1.807) is 7.11 Å². The number of nitrogens with zero attached hydrogens (tertiary/aromatic N) is 2. The molecule has 2 aliphatic rings. The third kappa shape index (κ3) is 2.90. The first-order valence-corrected chi connectivity index (χ1v) is 9.03. The summed E-state index contributed by atoms with van der Waals surface area (Å²) < 4.78 is 5.25. The van der Waals surface area contributed by atoms with Gasteiger partial charge in [-0.25, -0.2) is 5.01 Å². The molecular formula is C21H19ClN2O2. The molecule has 1 heterocycles. The summed E-state index contributed by atoms with van der Waals surface area (Å²) in [5.74, 6) is 0.641. The van der Waals surface area contributed by atoms with Gasteiger partial charge < -0.3 is 4.74 Å². The molecule has 2 aromatic rings. The monoisotopic (exact) mass is 366 g/mol. The van der Waals surface area contributed by atoms with Crippen LogP contribution in [0.15, 0.2) is 65.8 Å². The van der Waals surface area contributed by atoms with Crippen LogP contribution in [0.25, 0.3) is 0 Å². The quantitative estimate of drug-likeness (QED) is 0.740. The van der Waals surface area contributed by atoms with E-state index in [0.717, 1.165) is 29.8 Å². The minimum Gasteiger partial charge on any atom is -0.495 e. The fraction of sp³-hybridized carbons (Fsp3) is 0.238. The van der Waals surface area contributed by atoms with Crippen molar-refractivity contribution in [2.45, 2.75) is 12.8 Å². The molecule has 0 fully saturated rings. The summed E-state index contributed by atoms with van der Waals surface area (Å²) in [5, 5.41) is 6.83. The molecule has 0 saturated heterocycles. The number of halogens is 1. The molecule has 2 aromatic carbocycles. The SMILES string of the molecule is COc1ccc(C2=NN(c3ccccc3)C(=O)[C@@H]3CC=CC[C@H]23)cc1Cl. The average Bonchev–Trinajstić information content (AvgIpc) is 2.69. The summed E-state index contributed by atoms with van der Waals surface area (Å²) in [6.45, 7) is 0. The van der Waals surface area contributed by atoms with E-state index in [1.165, 1.54) is 5.01 Å². The van der Waals surface area contributed by atoms with E-state index in [9.17, 15) is 4.79 Å². The van der Waals surface area contributed by atoms with Gasteiger partial charge >= 0.3 is 0 Å². The highest BCUT2D eigenvalue weighted by atomic mass is 35.5. The first kappa shape index (κ1) is 16.9. The van der Waals surface area contributed by atoms with Gasteiger partial charge in [0.1, 0.15) is 5.75 Å². The number of ether oxygens (including phenoxy) is 1. The molecular weight excluding hydrogens is 348 g/mol. The molecule has 1 aliphatic heterocycles. The molecule has 0 N–H and O–H groups in total. The van der Waals surface area contributed by atoms with Gasteiger partial charge in [-0.05, 0) is 48.7 Å². The molecule has 2 atom stereocenters. The Morgan fingerprint density at radius 1 is 1.08 bits per heavy atom. The summed E-state index contributed by atoms with van der Waals surface area (Å²) in [6.07, 6.45) is 5.76. The molecule has 1 amide bonds. The first-order valence-electron chi connectivity index (χ1n) is 8.65. The van der Waals surface area contributed by atoms with Gasteiger partial charge in [0.05, 0.1) is 29.4 Å². The number of allylic oxidation sites excluding steroid dienone is 2. The molecule has 0 radical (unpaired) electrons. The fourth-order valence-corrected chi connectivity index (χ4v) is 3.89. The Bertz CT molecular complexity index is 892. The van der Waals surface area contributed by atoms with Gasteiger partial charge in [-0.1, -0.05) is 42.0 Å². The third-order valence-corrected chi connectivity index (χ3v) is 5.26. The molecule has 26 heavy (non-hydrogen) atoms. The summed E-state index contributed by atoms with van der Waals surface area (Å²) in [6, 6.07) is 15.2. The van der Waals surface area contributed by atoms with Gasteiger partial charge in [0.2, 0.25) is 0 Å². The lowest BCUT2D eigenvalue weighted by Crippen LogP contribution is -2.45. The number of rotatable bonds is 3. The number of hydrogen-bond donors (Lipinski definition) is 0. The van der Waals surface area contributed by atoms with Gasteiger partial charge in [-0.3, -0.25) is 4.79 Å². The summed E-state index contributed by atoms with van der Waals surface area (Å²) in [4.78, 5) is 13.0. The van der Waals surface area contributed by atoms with Gasteiger partial charge in [0.25, 0.3) is 5.91 Å². The Morgan fingerprint density at radius 2 is 1.81 bits per heavy atom. The van der Waals surface area contributed by atoms with Crippen LogP contribution in [0.3, 0.4) is 0 Å². The van der Waals surface area contributed by atoms with Gasteiger partial charge in [0.15, 0.2) is 0 Å². The van der Waals surface area contributed by atoms with Crippen LogP contribution >= 0.6 is 11.6 Å². The van der Waals surface area contributed by atoms with Crippen molar-refractivity contribution in [1.29, 1.82) is 0 Å². The van der Waals surface area contributed by atoms with E-state index in [2.05, 4.69) is 12.2 Å². The number of hydrogen-bond acceptors (Lipinski definition) is 3. The summed E-state index contributed by atoms with van der Waals surface area (Å²) >= 11 is 6.33. The summed E-state index contributed by atoms with van der Waals surface area (Å²) in [5.41, 5.74) is 2.60. The molecule has 0 unspecified atom stereocenters. The van der Waals surface area contributed by atoms with Crippen molar-refractivity contribution in [3.05, 3.63) is 71.3 Å². The van der Waals surface area contributed by atoms with E-state index >= 15 is 0 Å². The highest BCUT2D eigenvalue weighted by Gasteiger charge is 2.40. The molecule has 0 aromatic heterocycles. The van der Waals surface area contributed by atoms with E-state index < -0.39 is 0 Å². The number of methoxy groups -OCH3 is 1. The average molecular weight is 367 g/mol. The van der Waals surface area contributed by atoms with Crippen LogP contribution in [0.4, 0.5) is 5.69 Å². The zero-order chi connectivity index (χ0) is 18.1. The van der Waals surface area contributed by atoms with Crippen molar-refractivity contribution < 1.29 is 9.53 Å². The standard InChI is InChI=1S/C21H19ClN2O2/c1-26-19-12-11-14(13-18(19)22)20-16-9-5-6-10-17(16)21(25)24(23-20)15-7-3-2-4-8-15/h2-8,11-13,16-17H,9-10H2,1H3/t16-,17+/m0/s1. The van der Waals surface area contributed by atoms with Crippen molar-refractivity contribution >= 4 is 28.9 Å². The topological polar surface area (TPSA) is 41.9 Å². The van der Waals surface area contributed by atoms with Crippen molar-refractivity contribution in [1.82, 2.24) is 0 Å². The fourth-order valence-electron chi connectivity index (χ4n) is 3.63. The molecule has 4 rings (SSSR count). The van der Waals surface area contributed by atoms with Crippen LogP contribution in [-0.2, 0) is 4.79 Å². The minimum atomic E-state index is -0.103. The largest absolute Gasteiger partial charge is 0.495 e. The lowest BCUT2D eigenvalue weighted by atomic mass is 9.76. The number of para-hydroxylation sites is 1. The van der Waals surface area contributed by atoms with Crippen LogP contribution in [0.2, 0.25) is 5.02 Å². The molecule has 0 bridgehead atoms. The molecule has 1 aliphatic carbocycles. The van der Waals surface area contributed by atoms with E-state index in [0.29, 0.717) is 10.8 Å². The molecule has 5 heteroatoms. The number of carbonyl (C=O) groups excluding carboxylic acids is 1. The maximum atomic E-state index is 13.0. The number of fused-ring (bicyclic) bond motifs is 1. The summed E-state index contributed by atoms with van der Waals surface area (Å²) in [7, 11) is 1.59. The zero-order valence-electron chi connectivity index (χ0n) is 14.4. The van der Waals surface area contributed by atoms with Gasteiger partial charge in [-0.2, -0.15) is 5.10 Å². The number of anilines is 1. The van der Waals surface area contributed by atoms with Crippen LogP contribution in [0.1, 0.15) is 18.4 Å². The van der Waals surface area contributed by atoms with Crippen molar-refractivity contribution in [3.8, 4) is 5.75 Å². The number of benzene rings is 2. The normalized spacial score (nSPS) is 22.0. The number of amides is 1. The van der Waals surface area contributed by atoms with Crippen LogP contribution in [-0.4, -0.2) is 18.7 Å². The predicted octanol–water partition coefficient (Wildman–Crippen LogP) is 4.68. The lowest BCUT2D eigenvalue weighted by Gasteiger charge is -2.36. The van der Waals surface area contributed by atoms with Crippen molar-refractivity contribution in [2.75, 3.05) is 12.1 Å². The van der Waals surface area contributed by atoms with E-state index in [1.807, 2.05) is 48.5 Å². The Balaban J connectivity index is 1.82. The van der Waals surface area contributed by atoms with Crippen LogP contribution < -0.4 is 9.75 Å². The van der Waals surface area contributed by atoms with Crippen LogP contribution in [0.5, 0.6) is 5.75 Å². The minimum absolute atomic E-state index is 0.0499. The molecule has 4 nitrogen and oxygen atoms in total. The van der Waals surface area contributed by atoms with Gasteiger partial charge in [0, 0.05) is 5.92 Å². The Labute approximate surface area is 157 Å². The molecule has 132 valence electrons. The maximum Gasteiger partial charge on any atom is 0.251 e. The first-order chi connectivity index (χ1) is 12.7. The Morgan fingerprint density at radius 3 is 2.50 bits per heavy atom. The van der Waals surface area contributed by atoms with Crippen molar-refractivity contribution in [3.63, 3.8) is 0 Å². The number of hydrazone groups is 1.